The lowest BCUT2D eigenvalue weighted by molar-refractivity contribution is -0.0606. The van der Waals surface area contributed by atoms with Crippen molar-refractivity contribution in [2.75, 3.05) is 5.32 Å². The zero-order valence-corrected chi connectivity index (χ0v) is 22.8. The molecule has 0 aliphatic rings. The van der Waals surface area contributed by atoms with Crippen LogP contribution in [0.25, 0.3) is 5.82 Å². The maximum Gasteiger partial charge on any atom is 0.455 e. The molecular formula is C26H20ClF3N10O3. The van der Waals surface area contributed by atoms with Gasteiger partial charge in [-0.05, 0) is 55.0 Å². The van der Waals surface area contributed by atoms with Gasteiger partial charge in [0.2, 0.25) is 0 Å². The molecule has 0 bridgehead atoms. The highest BCUT2D eigenvalue weighted by Gasteiger charge is 2.36. The van der Waals surface area contributed by atoms with E-state index in [0.717, 1.165) is 4.68 Å². The normalized spacial score (nSPS) is 11.5. The summed E-state index contributed by atoms with van der Waals surface area (Å²) in [4.78, 5) is 30.9. The minimum Gasteiger partial charge on any atom is -0.467 e. The number of pyridine rings is 1. The Kier molecular flexibility index (Phi) is 9.16. The molecule has 0 saturated carbocycles. The van der Waals surface area contributed by atoms with Crippen LogP contribution in [0.2, 0.25) is 5.02 Å². The Morgan fingerprint density at radius 3 is 2.63 bits per heavy atom. The minimum absolute atomic E-state index is 0.00607. The number of carbonyl (C=O) groups excluding carboxylic acids is 2. The van der Waals surface area contributed by atoms with E-state index in [2.05, 4.69) is 36.4 Å². The van der Waals surface area contributed by atoms with Crippen molar-refractivity contribution in [1.82, 2.24) is 25.5 Å². The number of furan rings is 1. The van der Waals surface area contributed by atoms with Crippen molar-refractivity contribution in [3.05, 3.63) is 93.8 Å². The van der Waals surface area contributed by atoms with Crippen LogP contribution in [0.5, 0.6) is 0 Å². The molecule has 0 fully saturated rings. The predicted molar refractivity (Wildman–Crippen MR) is 146 cm³/mol. The quantitative estimate of drug-likeness (QED) is 0.0897. The van der Waals surface area contributed by atoms with Crippen LogP contribution in [0.15, 0.2) is 69.6 Å². The first kappa shape index (κ1) is 30.4. The number of nitrogens with one attached hydrogen (secondary N) is 4. The largest absolute Gasteiger partial charge is 0.467 e. The summed E-state index contributed by atoms with van der Waals surface area (Å²) in [5.41, 5.74) is 9.37. The van der Waals surface area contributed by atoms with Gasteiger partial charge in [-0.1, -0.05) is 11.6 Å². The van der Waals surface area contributed by atoms with Gasteiger partial charge in [-0.2, -0.15) is 28.6 Å². The number of hydrazone groups is 1. The van der Waals surface area contributed by atoms with E-state index in [0.29, 0.717) is 11.3 Å². The number of hydrogen-bond donors (Lipinski definition) is 4. The summed E-state index contributed by atoms with van der Waals surface area (Å²) < 4.78 is 44.9. The molecule has 4 aromatic rings. The zero-order chi connectivity index (χ0) is 31.1. The van der Waals surface area contributed by atoms with Crippen molar-refractivity contribution in [1.29, 1.82) is 10.8 Å². The average molecular weight is 613 g/mol. The maximum absolute atomic E-state index is 13.6. The molecule has 220 valence electrons. The number of alkyl halides is 3. The molecule has 0 spiro atoms. The molecule has 3 heterocycles. The second-order valence-electron chi connectivity index (χ2n) is 8.67. The number of amides is 2. The van der Waals surface area contributed by atoms with Crippen molar-refractivity contribution in [2.45, 2.75) is 26.2 Å². The number of halogens is 4. The number of aryl methyl sites for hydroxylation is 1. The Bertz CT molecular complexity index is 1740. The number of carbonyl (C=O) groups is 2. The van der Waals surface area contributed by atoms with Gasteiger partial charge in [-0.15, -0.1) is 5.11 Å². The molecular weight excluding hydrogens is 593 g/mol. The van der Waals surface area contributed by atoms with Crippen molar-refractivity contribution >= 4 is 34.9 Å². The Hall–Kier alpha value is -5.56. The van der Waals surface area contributed by atoms with Crippen molar-refractivity contribution in [3.8, 4) is 11.9 Å². The van der Waals surface area contributed by atoms with Crippen LogP contribution < -0.4 is 16.1 Å². The second-order valence-corrected chi connectivity index (χ2v) is 9.07. The lowest BCUT2D eigenvalue weighted by Crippen LogP contribution is -2.26. The number of rotatable bonds is 9. The summed E-state index contributed by atoms with van der Waals surface area (Å²) in [6.45, 7) is 1.24. The molecule has 17 heteroatoms. The molecule has 43 heavy (non-hydrogen) atoms. The number of hydrogen-bond acceptors (Lipinski definition) is 9. The molecule has 0 saturated heterocycles. The molecule has 0 radical (unpaired) electrons. The van der Waals surface area contributed by atoms with Gasteiger partial charge in [0.15, 0.2) is 5.82 Å². The Morgan fingerprint density at radius 2 is 1.98 bits per heavy atom. The highest BCUT2D eigenvalue weighted by molar-refractivity contribution is 6.32. The third kappa shape index (κ3) is 7.21. The fourth-order valence-electron chi connectivity index (χ4n) is 3.77. The van der Waals surface area contributed by atoms with Crippen LogP contribution >= 0.6 is 11.6 Å². The molecule has 3 aromatic heterocycles. The molecule has 4 rings (SSSR count). The van der Waals surface area contributed by atoms with E-state index in [-0.39, 0.29) is 45.6 Å². The molecule has 4 N–H and O–H groups in total. The summed E-state index contributed by atoms with van der Waals surface area (Å²) in [5, 5.41) is 24.5. The Morgan fingerprint density at radius 1 is 1.19 bits per heavy atom. The van der Waals surface area contributed by atoms with E-state index in [9.17, 15) is 28.0 Å². The van der Waals surface area contributed by atoms with E-state index in [4.69, 9.17) is 21.5 Å². The summed E-state index contributed by atoms with van der Waals surface area (Å²) >= 11 is 6.28. The third-order valence-corrected chi connectivity index (χ3v) is 5.98. The minimum atomic E-state index is -4.96. The predicted octanol–water partition coefficient (Wildman–Crippen LogP) is 4.87. The number of nitriles is 1. The lowest BCUT2D eigenvalue weighted by Gasteiger charge is -2.15. The van der Waals surface area contributed by atoms with Gasteiger partial charge in [-0.25, -0.2) is 15.2 Å². The number of aromatic nitrogens is 3. The Labute approximate surface area is 245 Å². The van der Waals surface area contributed by atoms with Gasteiger partial charge in [0.25, 0.3) is 17.6 Å². The monoisotopic (exact) mass is 612 g/mol. The molecule has 0 aliphatic heterocycles. The summed E-state index contributed by atoms with van der Waals surface area (Å²) in [5.74, 6) is -2.58. The highest BCUT2D eigenvalue weighted by Crippen LogP contribution is 2.26. The van der Waals surface area contributed by atoms with Gasteiger partial charge in [0.05, 0.1) is 53.0 Å². The average Bonchev–Trinajstić information content (AvgIpc) is 3.65. The van der Waals surface area contributed by atoms with E-state index < -0.39 is 30.4 Å². The topological polar surface area (TPSA) is 186 Å². The van der Waals surface area contributed by atoms with Crippen LogP contribution in [0, 0.1) is 23.8 Å². The third-order valence-electron chi connectivity index (χ3n) is 5.69. The second kappa shape index (κ2) is 13.0. The van der Waals surface area contributed by atoms with E-state index in [1.165, 1.54) is 36.7 Å². The molecule has 0 aliphatic carbocycles. The van der Waals surface area contributed by atoms with E-state index in [1.807, 2.05) is 6.07 Å². The molecule has 0 atom stereocenters. The fraction of sp³-hybridized carbons (Fsp3) is 0.154. The van der Waals surface area contributed by atoms with Crippen molar-refractivity contribution in [3.63, 3.8) is 0 Å². The summed E-state index contributed by atoms with van der Waals surface area (Å²) in [6, 6.07) is 12.4. The first-order valence-corrected chi connectivity index (χ1v) is 12.5. The summed E-state index contributed by atoms with van der Waals surface area (Å²) in [6.07, 6.45) is -2.12. The van der Waals surface area contributed by atoms with E-state index in [1.54, 1.807) is 25.1 Å². The number of anilines is 1. The Balaban J connectivity index is 1.68. The zero-order valence-electron chi connectivity index (χ0n) is 22.0. The van der Waals surface area contributed by atoms with Gasteiger partial charge < -0.3 is 20.5 Å². The molecule has 0 unspecified atom stereocenters. The van der Waals surface area contributed by atoms with Gasteiger partial charge in [0, 0.05) is 6.20 Å². The smallest absolute Gasteiger partial charge is 0.455 e. The molecule has 13 nitrogen and oxygen atoms in total. The van der Waals surface area contributed by atoms with Crippen molar-refractivity contribution in [2.24, 2.45) is 10.2 Å². The first-order chi connectivity index (χ1) is 20.5. The number of nitrogens with zero attached hydrogens (tertiary/aromatic N) is 6. The van der Waals surface area contributed by atoms with Crippen LogP contribution in [0.4, 0.5) is 18.9 Å². The van der Waals surface area contributed by atoms with Crippen LogP contribution in [0.1, 0.15) is 43.4 Å². The fourth-order valence-corrected chi connectivity index (χ4v) is 3.97. The van der Waals surface area contributed by atoms with Crippen molar-refractivity contribution < 1.29 is 27.2 Å². The lowest BCUT2D eigenvalue weighted by atomic mass is 10.0. The number of benzene rings is 1. The van der Waals surface area contributed by atoms with E-state index >= 15 is 0 Å². The first-order valence-electron chi connectivity index (χ1n) is 12.1. The van der Waals surface area contributed by atoms with Gasteiger partial charge in [-0.3, -0.25) is 9.59 Å². The number of amidine groups is 1. The van der Waals surface area contributed by atoms with Crippen LogP contribution in [-0.2, 0) is 13.1 Å². The van der Waals surface area contributed by atoms with Gasteiger partial charge in [0.1, 0.15) is 11.5 Å². The SMILES string of the molecule is Cc1cc(C#N)cc(C(=O)NCc2ccco2)c1NC(=O)c1cc(CN/N=C(\N=N)C(F)(F)F)nn1-c1ncccc1Cl. The van der Waals surface area contributed by atoms with Gasteiger partial charge >= 0.3 is 6.18 Å². The van der Waals surface area contributed by atoms with Crippen LogP contribution in [-0.4, -0.2) is 38.6 Å². The summed E-state index contributed by atoms with van der Waals surface area (Å²) in [7, 11) is 0. The maximum atomic E-state index is 13.6. The standard InChI is InChI=1S/C26H20ClF3N10O3/c1-14-8-15(11-31)9-18(23(41)34-13-17-4-3-7-43-17)21(14)36-24(42)20-10-16(12-35-38-25(37-32)26(28,29)30)39-40(20)22-19(27)5-2-6-33-22/h2-10,32,35H,12-13H2,1H3,(H,34,41)(H,36,42)/b37-32?,38-25-. The van der Waals surface area contributed by atoms with Crippen LogP contribution in [0.3, 0.4) is 0 Å². The molecule has 1 aromatic carbocycles. The highest BCUT2D eigenvalue weighted by atomic mass is 35.5. The molecule has 2 amide bonds.